The minimum absolute atomic E-state index is 0.00221. The van der Waals surface area contributed by atoms with Gasteiger partial charge in [0.2, 0.25) is 0 Å². The first-order valence-electron chi connectivity index (χ1n) is 4.80. The number of rotatable bonds is 4. The first-order valence-corrected chi connectivity index (χ1v) is 4.80. The van der Waals surface area contributed by atoms with E-state index in [1.165, 1.54) is 0 Å². The summed E-state index contributed by atoms with van der Waals surface area (Å²) in [4.78, 5) is 35.9. The molecule has 0 saturated carbocycles. The lowest BCUT2D eigenvalue weighted by molar-refractivity contribution is -0.143. The highest BCUT2D eigenvalue weighted by atomic mass is 16.5. The monoisotopic (exact) mass is 227 g/mol. The van der Waals surface area contributed by atoms with Crippen molar-refractivity contribution in [1.82, 2.24) is 9.55 Å². The Morgan fingerprint density at radius 2 is 2.25 bits per heavy atom. The lowest BCUT2D eigenvalue weighted by atomic mass is 10.4. The molecule has 1 rings (SSSR count). The number of aromatic amines is 1. The zero-order chi connectivity index (χ0) is 12.1. The van der Waals surface area contributed by atoms with E-state index in [1.807, 2.05) is 0 Å². The van der Waals surface area contributed by atoms with Gasteiger partial charge in [0.05, 0.1) is 13.0 Å². The van der Waals surface area contributed by atoms with Gasteiger partial charge in [-0.05, 0) is 6.92 Å². The molecule has 1 heterocycles. The van der Waals surface area contributed by atoms with Gasteiger partial charge in [0.25, 0.3) is 5.56 Å². The van der Waals surface area contributed by atoms with Gasteiger partial charge in [0, 0.05) is 12.6 Å². The Morgan fingerprint density at radius 3 is 2.81 bits per heavy atom. The quantitative estimate of drug-likeness (QED) is 0.646. The van der Waals surface area contributed by atoms with Crippen molar-refractivity contribution in [1.29, 1.82) is 0 Å². The van der Waals surface area contributed by atoms with Gasteiger partial charge in [0.15, 0.2) is 0 Å². The molecule has 7 nitrogen and oxygen atoms in total. The highest BCUT2D eigenvalue weighted by Gasteiger charge is 2.06. The van der Waals surface area contributed by atoms with Crippen LogP contribution in [0, 0.1) is 0 Å². The predicted octanol–water partition coefficient (Wildman–Crippen LogP) is -0.928. The van der Waals surface area contributed by atoms with Crippen molar-refractivity contribution in [2.45, 2.75) is 19.9 Å². The molecular weight excluding hydrogens is 214 g/mol. The third kappa shape index (κ3) is 2.97. The molecule has 88 valence electrons. The van der Waals surface area contributed by atoms with Gasteiger partial charge < -0.3 is 10.5 Å². The Bertz CT molecular complexity index is 457. The molecule has 0 saturated heterocycles. The van der Waals surface area contributed by atoms with Crippen molar-refractivity contribution >= 4 is 11.8 Å². The third-order valence-corrected chi connectivity index (χ3v) is 1.89. The normalized spacial score (nSPS) is 10.1. The van der Waals surface area contributed by atoms with Crippen LogP contribution in [0.25, 0.3) is 0 Å². The molecule has 0 aliphatic heterocycles. The van der Waals surface area contributed by atoms with Crippen LogP contribution in [0.5, 0.6) is 0 Å². The van der Waals surface area contributed by atoms with Gasteiger partial charge in [0.1, 0.15) is 5.82 Å². The number of nitrogens with one attached hydrogen (secondary N) is 1. The molecule has 7 heteroatoms. The number of carbonyl (C=O) groups is 1. The molecule has 0 radical (unpaired) electrons. The fourth-order valence-corrected chi connectivity index (χ4v) is 1.19. The van der Waals surface area contributed by atoms with E-state index in [-0.39, 0.29) is 25.4 Å². The highest BCUT2D eigenvalue weighted by molar-refractivity contribution is 5.69. The highest BCUT2D eigenvalue weighted by Crippen LogP contribution is 1.89. The second-order valence-electron chi connectivity index (χ2n) is 3.07. The Balaban J connectivity index is 2.79. The predicted molar refractivity (Wildman–Crippen MR) is 57.0 cm³/mol. The maximum atomic E-state index is 11.3. The number of H-pyrrole nitrogens is 1. The number of ether oxygens (including phenoxy) is 1. The summed E-state index contributed by atoms with van der Waals surface area (Å²) in [6.45, 7) is 1.93. The number of anilines is 1. The lowest BCUT2D eigenvalue weighted by Gasteiger charge is -2.04. The molecule has 16 heavy (non-hydrogen) atoms. The van der Waals surface area contributed by atoms with Crippen LogP contribution in [0.2, 0.25) is 0 Å². The summed E-state index contributed by atoms with van der Waals surface area (Å²) in [5.74, 6) is -0.451. The van der Waals surface area contributed by atoms with E-state index in [9.17, 15) is 14.4 Å². The zero-order valence-corrected chi connectivity index (χ0v) is 8.86. The van der Waals surface area contributed by atoms with E-state index in [0.717, 1.165) is 10.6 Å². The van der Waals surface area contributed by atoms with E-state index >= 15 is 0 Å². The van der Waals surface area contributed by atoms with Crippen molar-refractivity contribution < 1.29 is 9.53 Å². The van der Waals surface area contributed by atoms with Crippen molar-refractivity contribution in [3.63, 3.8) is 0 Å². The molecule has 0 bridgehead atoms. The number of hydrogen-bond acceptors (Lipinski definition) is 5. The lowest BCUT2D eigenvalue weighted by Crippen LogP contribution is -2.35. The van der Waals surface area contributed by atoms with Crippen LogP contribution in [0.15, 0.2) is 15.7 Å². The van der Waals surface area contributed by atoms with Crippen LogP contribution >= 0.6 is 0 Å². The molecule has 0 aliphatic rings. The van der Waals surface area contributed by atoms with Crippen LogP contribution in [0.1, 0.15) is 13.3 Å². The molecule has 0 aliphatic carbocycles. The molecule has 3 N–H and O–H groups in total. The van der Waals surface area contributed by atoms with Crippen molar-refractivity contribution in [2.75, 3.05) is 12.3 Å². The standard InChI is InChI=1S/C9H13N3O4/c1-2-16-8(14)3-4-12-7(13)5-6(10)11-9(12)15/h5H,2-4,10H2,1H3,(H,11,15). The Labute approximate surface area is 90.8 Å². The Kier molecular flexibility index (Phi) is 3.87. The molecule has 1 aromatic rings. The minimum atomic E-state index is -0.630. The number of nitrogen functional groups attached to an aromatic ring is 1. The molecule has 0 unspecified atom stereocenters. The largest absolute Gasteiger partial charge is 0.466 e. The smallest absolute Gasteiger partial charge is 0.329 e. The summed E-state index contributed by atoms with van der Waals surface area (Å²) < 4.78 is 5.57. The average molecular weight is 227 g/mol. The first kappa shape index (κ1) is 12.0. The SMILES string of the molecule is CCOC(=O)CCn1c(=O)cc(N)[nH]c1=O. The number of nitrogens with two attached hydrogens (primary N) is 1. The average Bonchev–Trinajstić information content (AvgIpc) is 2.16. The summed E-state index contributed by atoms with van der Waals surface area (Å²) in [6, 6.07) is 1.09. The van der Waals surface area contributed by atoms with E-state index in [2.05, 4.69) is 9.72 Å². The van der Waals surface area contributed by atoms with E-state index < -0.39 is 17.2 Å². The number of carbonyl (C=O) groups excluding carboxylic acids is 1. The molecule has 0 fully saturated rings. The Morgan fingerprint density at radius 1 is 1.56 bits per heavy atom. The van der Waals surface area contributed by atoms with E-state index in [1.54, 1.807) is 6.92 Å². The maximum absolute atomic E-state index is 11.3. The van der Waals surface area contributed by atoms with Gasteiger partial charge in [-0.25, -0.2) is 4.79 Å². The van der Waals surface area contributed by atoms with Crippen molar-refractivity contribution in [3.8, 4) is 0 Å². The molecule has 0 spiro atoms. The summed E-state index contributed by atoms with van der Waals surface area (Å²) in [5, 5.41) is 0. The van der Waals surface area contributed by atoms with Crippen molar-refractivity contribution in [3.05, 3.63) is 26.9 Å². The van der Waals surface area contributed by atoms with E-state index in [4.69, 9.17) is 5.73 Å². The van der Waals surface area contributed by atoms with Gasteiger partial charge >= 0.3 is 11.7 Å². The molecule has 0 amide bonds. The third-order valence-electron chi connectivity index (χ3n) is 1.89. The first-order chi connectivity index (χ1) is 7.54. The van der Waals surface area contributed by atoms with Crippen molar-refractivity contribution in [2.24, 2.45) is 0 Å². The second-order valence-corrected chi connectivity index (χ2v) is 3.07. The molecule has 1 aromatic heterocycles. The van der Waals surface area contributed by atoms with Gasteiger partial charge in [-0.15, -0.1) is 0 Å². The van der Waals surface area contributed by atoms with Crippen LogP contribution in [-0.2, 0) is 16.1 Å². The summed E-state index contributed by atoms with van der Waals surface area (Å²) in [5.41, 5.74) is 4.10. The fraction of sp³-hybridized carbons (Fsp3) is 0.444. The number of esters is 1. The number of aromatic nitrogens is 2. The van der Waals surface area contributed by atoms with Gasteiger partial charge in [-0.1, -0.05) is 0 Å². The summed E-state index contributed by atoms with van der Waals surface area (Å²) in [6.07, 6.45) is -0.0270. The molecule has 0 aromatic carbocycles. The molecular formula is C9H13N3O4. The summed E-state index contributed by atoms with van der Waals surface area (Å²) >= 11 is 0. The van der Waals surface area contributed by atoms with Gasteiger partial charge in [-0.2, -0.15) is 0 Å². The van der Waals surface area contributed by atoms with Crippen LogP contribution in [0.3, 0.4) is 0 Å². The fourth-order valence-electron chi connectivity index (χ4n) is 1.19. The zero-order valence-electron chi connectivity index (χ0n) is 8.86. The van der Waals surface area contributed by atoms with Crippen LogP contribution in [0.4, 0.5) is 5.82 Å². The summed E-state index contributed by atoms with van der Waals surface area (Å²) in [7, 11) is 0. The number of hydrogen-bond donors (Lipinski definition) is 2. The second kappa shape index (κ2) is 5.15. The molecule has 0 atom stereocenters. The van der Waals surface area contributed by atoms with Crippen LogP contribution < -0.4 is 17.0 Å². The van der Waals surface area contributed by atoms with Gasteiger partial charge in [-0.3, -0.25) is 19.1 Å². The van der Waals surface area contributed by atoms with Crippen LogP contribution in [-0.4, -0.2) is 22.1 Å². The van der Waals surface area contributed by atoms with E-state index in [0.29, 0.717) is 0 Å². The number of nitrogens with zero attached hydrogens (tertiary/aromatic N) is 1. The minimum Gasteiger partial charge on any atom is -0.466 e. The maximum Gasteiger partial charge on any atom is 0.329 e. The Hall–Kier alpha value is -2.05. The topological polar surface area (TPSA) is 107 Å².